The van der Waals surface area contributed by atoms with E-state index in [2.05, 4.69) is 5.32 Å². The normalized spacial score (nSPS) is 13.0. The maximum atomic E-state index is 11.8. The third-order valence-electron chi connectivity index (χ3n) is 2.93. The van der Waals surface area contributed by atoms with Crippen LogP contribution in [0.25, 0.3) is 6.08 Å². The number of furan rings is 1. The van der Waals surface area contributed by atoms with E-state index in [1.807, 2.05) is 0 Å². The minimum absolute atomic E-state index is 0.0258. The van der Waals surface area contributed by atoms with Crippen LogP contribution < -0.4 is 14.8 Å². The number of amides is 1. The highest BCUT2D eigenvalue weighted by molar-refractivity contribution is 6.01. The van der Waals surface area contributed by atoms with Crippen LogP contribution in [0.3, 0.4) is 0 Å². The molecule has 7 heteroatoms. The zero-order chi connectivity index (χ0) is 15.5. The fourth-order valence-electron chi connectivity index (χ4n) is 1.91. The van der Waals surface area contributed by atoms with Crippen LogP contribution in [0.4, 0.5) is 0 Å². The molecule has 7 nitrogen and oxygen atoms in total. The molecule has 2 aromatic rings. The molecule has 0 saturated carbocycles. The Morgan fingerprint density at radius 3 is 2.73 bits per heavy atom. The van der Waals surface area contributed by atoms with Crippen molar-refractivity contribution in [3.05, 3.63) is 53.6 Å². The van der Waals surface area contributed by atoms with Gasteiger partial charge in [-0.15, -0.1) is 0 Å². The van der Waals surface area contributed by atoms with E-state index < -0.39 is 11.9 Å². The Bertz CT molecular complexity index is 747. The van der Waals surface area contributed by atoms with Crippen molar-refractivity contribution in [3.63, 3.8) is 0 Å². The summed E-state index contributed by atoms with van der Waals surface area (Å²) in [6.07, 6.45) is 2.65. The number of carbonyl (C=O) groups excluding carboxylic acids is 1. The second-order valence-corrected chi connectivity index (χ2v) is 4.41. The number of hydrogen-bond donors (Lipinski definition) is 2. The molecule has 1 aliphatic rings. The molecule has 0 spiro atoms. The molecule has 0 atom stereocenters. The average molecular weight is 301 g/mol. The summed E-state index contributed by atoms with van der Waals surface area (Å²) in [5, 5.41) is 11.5. The maximum absolute atomic E-state index is 11.8. The lowest BCUT2D eigenvalue weighted by Gasteiger charge is -2.05. The first kappa shape index (κ1) is 13.7. The number of fused-ring (bicyclic) bond motifs is 1. The van der Waals surface area contributed by atoms with Gasteiger partial charge in [0, 0.05) is 0 Å². The standard InChI is InChI=1S/C15H11NO6/c17-14(12-2-1-5-20-12)16-10(15(18)19)6-9-3-4-11-13(7-9)22-8-21-11/h1-7H,8H2,(H,16,17)(H,18,19)/b10-6-. The van der Waals surface area contributed by atoms with Gasteiger partial charge in [-0.05, 0) is 35.9 Å². The molecule has 22 heavy (non-hydrogen) atoms. The van der Waals surface area contributed by atoms with Gasteiger partial charge in [0.25, 0.3) is 5.91 Å². The van der Waals surface area contributed by atoms with Gasteiger partial charge in [0.1, 0.15) is 5.70 Å². The topological polar surface area (TPSA) is 98.0 Å². The zero-order valence-electron chi connectivity index (χ0n) is 11.2. The second kappa shape index (κ2) is 5.65. The van der Waals surface area contributed by atoms with Gasteiger partial charge >= 0.3 is 5.97 Å². The Morgan fingerprint density at radius 2 is 2.00 bits per heavy atom. The highest BCUT2D eigenvalue weighted by Gasteiger charge is 2.17. The molecule has 1 aromatic carbocycles. The van der Waals surface area contributed by atoms with E-state index in [0.29, 0.717) is 17.1 Å². The highest BCUT2D eigenvalue weighted by atomic mass is 16.7. The Balaban J connectivity index is 1.84. The lowest BCUT2D eigenvalue weighted by molar-refractivity contribution is -0.132. The molecule has 1 amide bonds. The number of ether oxygens (including phenoxy) is 2. The molecular formula is C15H11NO6. The largest absolute Gasteiger partial charge is 0.477 e. The monoisotopic (exact) mass is 301 g/mol. The van der Waals surface area contributed by atoms with Crippen molar-refractivity contribution in [3.8, 4) is 11.5 Å². The lowest BCUT2D eigenvalue weighted by atomic mass is 10.1. The Labute approximate surface area is 124 Å². The van der Waals surface area contributed by atoms with Crippen LogP contribution in [0.5, 0.6) is 11.5 Å². The van der Waals surface area contributed by atoms with E-state index in [-0.39, 0.29) is 18.3 Å². The van der Waals surface area contributed by atoms with Gasteiger partial charge in [-0.3, -0.25) is 4.79 Å². The number of hydrogen-bond acceptors (Lipinski definition) is 5. The average Bonchev–Trinajstić information content (AvgIpc) is 3.17. The predicted octanol–water partition coefficient (Wildman–Crippen LogP) is 1.86. The van der Waals surface area contributed by atoms with Gasteiger partial charge in [-0.1, -0.05) is 6.07 Å². The molecule has 2 heterocycles. The fraction of sp³-hybridized carbons (Fsp3) is 0.0667. The summed E-state index contributed by atoms with van der Waals surface area (Å²) in [5.41, 5.74) is 0.279. The van der Waals surface area contributed by atoms with Gasteiger partial charge in [-0.25, -0.2) is 4.79 Å². The summed E-state index contributed by atoms with van der Waals surface area (Å²) in [6.45, 7) is 0.128. The molecule has 1 aromatic heterocycles. The SMILES string of the molecule is O=C(O)/C(=C/c1ccc2c(c1)OCO2)NC(=O)c1ccco1. The van der Waals surface area contributed by atoms with Gasteiger partial charge in [0.15, 0.2) is 17.3 Å². The van der Waals surface area contributed by atoms with E-state index >= 15 is 0 Å². The summed E-state index contributed by atoms with van der Waals surface area (Å²) in [4.78, 5) is 23.1. The molecular weight excluding hydrogens is 290 g/mol. The predicted molar refractivity (Wildman–Crippen MR) is 74.4 cm³/mol. The molecule has 0 bridgehead atoms. The van der Waals surface area contributed by atoms with Crippen LogP contribution >= 0.6 is 0 Å². The Morgan fingerprint density at radius 1 is 1.18 bits per heavy atom. The lowest BCUT2D eigenvalue weighted by Crippen LogP contribution is -2.26. The summed E-state index contributed by atoms with van der Waals surface area (Å²) >= 11 is 0. The third kappa shape index (κ3) is 2.78. The van der Waals surface area contributed by atoms with E-state index in [1.54, 1.807) is 18.2 Å². The number of benzene rings is 1. The van der Waals surface area contributed by atoms with Crippen LogP contribution in [0.2, 0.25) is 0 Å². The van der Waals surface area contributed by atoms with E-state index in [0.717, 1.165) is 0 Å². The van der Waals surface area contributed by atoms with Crippen LogP contribution in [0, 0.1) is 0 Å². The van der Waals surface area contributed by atoms with E-state index in [4.69, 9.17) is 13.9 Å². The number of carbonyl (C=O) groups is 2. The molecule has 0 saturated heterocycles. The van der Waals surface area contributed by atoms with E-state index in [1.165, 1.54) is 24.5 Å². The van der Waals surface area contributed by atoms with Crippen molar-refractivity contribution in [2.24, 2.45) is 0 Å². The van der Waals surface area contributed by atoms with Crippen molar-refractivity contribution in [1.29, 1.82) is 0 Å². The maximum Gasteiger partial charge on any atom is 0.352 e. The smallest absolute Gasteiger partial charge is 0.352 e. The summed E-state index contributed by atoms with van der Waals surface area (Å²) in [5.74, 6) is -0.765. The molecule has 0 radical (unpaired) electrons. The second-order valence-electron chi connectivity index (χ2n) is 4.41. The number of nitrogens with one attached hydrogen (secondary N) is 1. The summed E-state index contributed by atoms with van der Waals surface area (Å²) in [6, 6.07) is 7.94. The summed E-state index contributed by atoms with van der Waals surface area (Å²) in [7, 11) is 0. The first-order valence-corrected chi connectivity index (χ1v) is 6.33. The van der Waals surface area contributed by atoms with E-state index in [9.17, 15) is 14.7 Å². The summed E-state index contributed by atoms with van der Waals surface area (Å²) < 4.78 is 15.3. The van der Waals surface area contributed by atoms with Gasteiger partial charge in [0.05, 0.1) is 6.26 Å². The molecule has 0 unspecified atom stereocenters. The van der Waals surface area contributed by atoms with Crippen LogP contribution in [0.1, 0.15) is 16.1 Å². The quantitative estimate of drug-likeness (QED) is 0.836. The first-order chi connectivity index (χ1) is 10.6. The first-order valence-electron chi connectivity index (χ1n) is 6.33. The van der Waals surface area contributed by atoms with Crippen molar-refractivity contribution in [2.45, 2.75) is 0 Å². The molecule has 112 valence electrons. The van der Waals surface area contributed by atoms with Crippen molar-refractivity contribution >= 4 is 18.0 Å². The van der Waals surface area contributed by atoms with Gasteiger partial charge in [0.2, 0.25) is 6.79 Å². The number of carboxylic acids is 1. The third-order valence-corrected chi connectivity index (χ3v) is 2.93. The number of carboxylic acid groups (broad SMARTS) is 1. The van der Waals surface area contributed by atoms with Crippen molar-refractivity contribution in [1.82, 2.24) is 5.32 Å². The minimum atomic E-state index is -1.27. The minimum Gasteiger partial charge on any atom is -0.477 e. The Hall–Kier alpha value is -3.22. The molecule has 0 aliphatic carbocycles. The van der Waals surface area contributed by atoms with Gasteiger partial charge in [-0.2, -0.15) is 0 Å². The van der Waals surface area contributed by atoms with Crippen LogP contribution in [-0.2, 0) is 4.79 Å². The van der Waals surface area contributed by atoms with Crippen molar-refractivity contribution in [2.75, 3.05) is 6.79 Å². The highest BCUT2D eigenvalue weighted by Crippen LogP contribution is 2.33. The molecule has 0 fully saturated rings. The number of rotatable bonds is 4. The van der Waals surface area contributed by atoms with Crippen LogP contribution in [0.15, 0.2) is 46.7 Å². The number of aliphatic carboxylic acids is 1. The molecule has 2 N–H and O–H groups in total. The van der Waals surface area contributed by atoms with Crippen LogP contribution in [-0.4, -0.2) is 23.8 Å². The molecule has 3 rings (SSSR count). The molecule has 1 aliphatic heterocycles. The fourth-order valence-corrected chi connectivity index (χ4v) is 1.91. The van der Waals surface area contributed by atoms with Gasteiger partial charge < -0.3 is 24.3 Å². The Kier molecular flexibility index (Phi) is 3.53. The van der Waals surface area contributed by atoms with Crippen molar-refractivity contribution < 1.29 is 28.6 Å². The zero-order valence-corrected chi connectivity index (χ0v) is 11.2.